The van der Waals surface area contributed by atoms with Crippen molar-refractivity contribution in [3.63, 3.8) is 0 Å². The number of nitrogens with zero attached hydrogens (tertiary/aromatic N) is 1. The number of likely N-dealkylation sites (N-methyl/N-ethyl adjacent to an activating group) is 1. The van der Waals surface area contributed by atoms with Crippen molar-refractivity contribution in [3.05, 3.63) is 35.4 Å². The number of rotatable bonds is 4. The van der Waals surface area contributed by atoms with Crippen molar-refractivity contribution in [2.75, 3.05) is 19.7 Å². The molecule has 2 rings (SSSR count). The molecule has 0 spiro atoms. The summed E-state index contributed by atoms with van der Waals surface area (Å²) in [6, 6.07) is 7.74. The number of amides is 2. The Morgan fingerprint density at radius 3 is 2.84 bits per heavy atom. The first-order chi connectivity index (χ1) is 9.13. The number of ether oxygens (including phenoxy) is 1. The van der Waals surface area contributed by atoms with Crippen molar-refractivity contribution in [1.82, 2.24) is 4.90 Å². The standard InChI is InChI=1S/C14H18N2O3/c1-2-16(9-12(15)17)14(18)13-11-6-4-3-5-10(11)7-8-19-13/h3-6,13H,2,7-9H2,1H3,(H2,15,17)/t13-/m1/s1. The van der Waals surface area contributed by atoms with Crippen LogP contribution >= 0.6 is 0 Å². The van der Waals surface area contributed by atoms with Gasteiger partial charge in [-0.2, -0.15) is 0 Å². The largest absolute Gasteiger partial charge is 0.368 e. The molecule has 2 amide bonds. The lowest BCUT2D eigenvalue weighted by Crippen LogP contribution is -2.42. The minimum Gasteiger partial charge on any atom is -0.368 e. The third kappa shape index (κ3) is 2.93. The van der Waals surface area contributed by atoms with Crippen molar-refractivity contribution >= 4 is 11.8 Å². The first-order valence-electron chi connectivity index (χ1n) is 6.40. The highest BCUT2D eigenvalue weighted by atomic mass is 16.5. The molecule has 0 unspecified atom stereocenters. The van der Waals surface area contributed by atoms with E-state index in [1.165, 1.54) is 4.90 Å². The van der Waals surface area contributed by atoms with E-state index in [9.17, 15) is 9.59 Å². The Labute approximate surface area is 112 Å². The van der Waals surface area contributed by atoms with Crippen molar-refractivity contribution in [1.29, 1.82) is 0 Å². The number of benzene rings is 1. The number of carbonyl (C=O) groups excluding carboxylic acids is 2. The summed E-state index contributed by atoms with van der Waals surface area (Å²) in [5.41, 5.74) is 7.17. The van der Waals surface area contributed by atoms with E-state index in [2.05, 4.69) is 0 Å². The molecule has 1 aromatic rings. The molecular weight excluding hydrogens is 244 g/mol. The molecule has 0 aromatic heterocycles. The third-order valence-electron chi connectivity index (χ3n) is 3.26. The number of nitrogens with two attached hydrogens (primary N) is 1. The zero-order valence-electron chi connectivity index (χ0n) is 11.0. The molecule has 0 fully saturated rings. The van der Waals surface area contributed by atoms with Crippen molar-refractivity contribution in [2.45, 2.75) is 19.4 Å². The van der Waals surface area contributed by atoms with Gasteiger partial charge in [0.05, 0.1) is 13.2 Å². The molecular formula is C14H18N2O3. The van der Waals surface area contributed by atoms with Crippen LogP contribution in [0.5, 0.6) is 0 Å². The van der Waals surface area contributed by atoms with E-state index < -0.39 is 12.0 Å². The number of primary amides is 1. The van der Waals surface area contributed by atoms with Crippen LogP contribution in [0.1, 0.15) is 24.2 Å². The molecule has 0 bridgehead atoms. The molecule has 102 valence electrons. The maximum atomic E-state index is 12.4. The minimum atomic E-state index is -0.621. The van der Waals surface area contributed by atoms with E-state index in [1.807, 2.05) is 31.2 Å². The van der Waals surface area contributed by atoms with Crippen LogP contribution in [0.15, 0.2) is 24.3 Å². The summed E-state index contributed by atoms with van der Waals surface area (Å²) in [5, 5.41) is 0. The maximum absolute atomic E-state index is 12.4. The number of hydrogen-bond acceptors (Lipinski definition) is 3. The summed E-state index contributed by atoms with van der Waals surface area (Å²) in [6.07, 6.45) is 0.186. The number of fused-ring (bicyclic) bond motifs is 1. The smallest absolute Gasteiger partial charge is 0.256 e. The van der Waals surface area contributed by atoms with E-state index in [-0.39, 0.29) is 12.5 Å². The average Bonchev–Trinajstić information content (AvgIpc) is 2.43. The van der Waals surface area contributed by atoms with Crippen LogP contribution in [-0.4, -0.2) is 36.4 Å². The van der Waals surface area contributed by atoms with Crippen LogP contribution in [0, 0.1) is 0 Å². The Hall–Kier alpha value is -1.88. The molecule has 1 aliphatic heterocycles. The topological polar surface area (TPSA) is 72.6 Å². The van der Waals surface area contributed by atoms with Gasteiger partial charge in [0, 0.05) is 6.54 Å². The normalized spacial score (nSPS) is 17.6. The summed E-state index contributed by atoms with van der Waals surface area (Å²) in [7, 11) is 0. The van der Waals surface area contributed by atoms with Crippen LogP contribution in [-0.2, 0) is 20.7 Å². The second-order valence-corrected chi connectivity index (χ2v) is 4.52. The van der Waals surface area contributed by atoms with Crippen LogP contribution < -0.4 is 5.73 Å². The van der Waals surface area contributed by atoms with Gasteiger partial charge in [0.25, 0.3) is 5.91 Å². The highest BCUT2D eigenvalue weighted by molar-refractivity contribution is 5.87. The van der Waals surface area contributed by atoms with E-state index in [0.717, 1.165) is 17.5 Å². The summed E-state index contributed by atoms with van der Waals surface area (Å²) >= 11 is 0. The van der Waals surface area contributed by atoms with Crippen LogP contribution in [0.25, 0.3) is 0 Å². The van der Waals surface area contributed by atoms with Gasteiger partial charge >= 0.3 is 0 Å². The van der Waals surface area contributed by atoms with Gasteiger partial charge in [-0.3, -0.25) is 9.59 Å². The lowest BCUT2D eigenvalue weighted by atomic mass is 9.97. The molecule has 1 aliphatic rings. The monoisotopic (exact) mass is 262 g/mol. The first kappa shape index (κ1) is 13.5. The van der Waals surface area contributed by atoms with Gasteiger partial charge in [0.2, 0.25) is 5.91 Å². The van der Waals surface area contributed by atoms with Gasteiger partial charge < -0.3 is 15.4 Å². The van der Waals surface area contributed by atoms with E-state index in [4.69, 9.17) is 10.5 Å². The zero-order chi connectivity index (χ0) is 13.8. The van der Waals surface area contributed by atoms with Gasteiger partial charge in [0.1, 0.15) is 0 Å². The molecule has 5 nitrogen and oxygen atoms in total. The third-order valence-corrected chi connectivity index (χ3v) is 3.26. The summed E-state index contributed by atoms with van der Waals surface area (Å²) < 4.78 is 5.59. The molecule has 0 saturated heterocycles. The molecule has 19 heavy (non-hydrogen) atoms. The van der Waals surface area contributed by atoms with E-state index >= 15 is 0 Å². The van der Waals surface area contributed by atoms with Crippen molar-refractivity contribution in [3.8, 4) is 0 Å². The SMILES string of the molecule is CCN(CC(N)=O)C(=O)[C@@H]1OCCc2ccccc21. The van der Waals surface area contributed by atoms with Gasteiger partial charge in [0.15, 0.2) is 6.10 Å². The van der Waals surface area contributed by atoms with E-state index in [1.54, 1.807) is 0 Å². The minimum absolute atomic E-state index is 0.0721. The van der Waals surface area contributed by atoms with Crippen LogP contribution in [0.4, 0.5) is 0 Å². The van der Waals surface area contributed by atoms with Gasteiger partial charge in [-0.05, 0) is 24.5 Å². The van der Waals surface area contributed by atoms with Gasteiger partial charge in [-0.1, -0.05) is 24.3 Å². The van der Waals surface area contributed by atoms with Gasteiger partial charge in [-0.25, -0.2) is 0 Å². The fourth-order valence-corrected chi connectivity index (χ4v) is 2.30. The lowest BCUT2D eigenvalue weighted by molar-refractivity contribution is -0.147. The molecule has 1 aromatic carbocycles. The summed E-state index contributed by atoms with van der Waals surface area (Å²) in [5.74, 6) is -0.715. The Kier molecular flexibility index (Phi) is 4.16. The second kappa shape index (κ2) is 5.84. The lowest BCUT2D eigenvalue weighted by Gasteiger charge is -2.29. The Balaban J connectivity index is 2.22. The maximum Gasteiger partial charge on any atom is 0.256 e. The van der Waals surface area contributed by atoms with Crippen LogP contribution in [0.2, 0.25) is 0 Å². The zero-order valence-corrected chi connectivity index (χ0v) is 11.0. The van der Waals surface area contributed by atoms with Gasteiger partial charge in [-0.15, -0.1) is 0 Å². The molecule has 1 atom stereocenters. The molecule has 0 saturated carbocycles. The quantitative estimate of drug-likeness (QED) is 0.865. The molecule has 2 N–H and O–H groups in total. The van der Waals surface area contributed by atoms with Crippen molar-refractivity contribution < 1.29 is 14.3 Å². The molecule has 1 heterocycles. The summed E-state index contributed by atoms with van der Waals surface area (Å²) in [6.45, 7) is 2.69. The van der Waals surface area contributed by atoms with E-state index in [0.29, 0.717) is 13.2 Å². The van der Waals surface area contributed by atoms with Crippen molar-refractivity contribution in [2.24, 2.45) is 5.73 Å². The Morgan fingerprint density at radius 1 is 1.42 bits per heavy atom. The summed E-state index contributed by atoms with van der Waals surface area (Å²) in [4.78, 5) is 24.8. The number of carbonyl (C=O) groups is 2. The fourth-order valence-electron chi connectivity index (χ4n) is 2.30. The average molecular weight is 262 g/mol. The predicted molar refractivity (Wildman–Crippen MR) is 70.3 cm³/mol. The fraction of sp³-hybridized carbons (Fsp3) is 0.429. The molecule has 0 aliphatic carbocycles. The Morgan fingerprint density at radius 2 is 2.16 bits per heavy atom. The number of hydrogen-bond donors (Lipinski definition) is 1. The highest BCUT2D eigenvalue weighted by Gasteiger charge is 2.30. The predicted octanol–water partition coefficient (Wildman–Crippen LogP) is 0.634. The second-order valence-electron chi connectivity index (χ2n) is 4.52. The molecule has 0 radical (unpaired) electrons. The molecule has 5 heteroatoms. The first-order valence-corrected chi connectivity index (χ1v) is 6.40. The highest BCUT2D eigenvalue weighted by Crippen LogP contribution is 2.28. The van der Waals surface area contributed by atoms with Crippen LogP contribution in [0.3, 0.4) is 0 Å². The Bertz CT molecular complexity index is 487.